The van der Waals surface area contributed by atoms with Crippen LogP contribution in [0.2, 0.25) is 0 Å². The Balaban J connectivity index is 1.75. The van der Waals surface area contributed by atoms with Crippen molar-refractivity contribution >= 4 is 21.8 Å². The molecule has 2 N–H and O–H groups in total. The third-order valence-electron chi connectivity index (χ3n) is 4.72. The first-order chi connectivity index (χ1) is 13.8. The van der Waals surface area contributed by atoms with E-state index in [4.69, 9.17) is 19.4 Å². The maximum Gasteiger partial charge on any atom is 0.302 e. The standard InChI is InChI=1S/C20H24N2O6S/c1-13-3-5-15(6-4-13)29(24,25)26-12-20-19(27-14(2)23)8-7-18(28-20)16-9-10-22-11-17(16)21/h3-6,9-11,18-20H,7-8,12,21H2,1-2H3/t18-,19-,20+/m0/s1. The average molecular weight is 420 g/mol. The van der Waals surface area contributed by atoms with Gasteiger partial charge in [0.15, 0.2) is 0 Å². The van der Waals surface area contributed by atoms with E-state index in [0.717, 1.165) is 11.1 Å². The van der Waals surface area contributed by atoms with Crippen LogP contribution in [0.15, 0.2) is 47.6 Å². The van der Waals surface area contributed by atoms with Gasteiger partial charge in [0.1, 0.15) is 12.2 Å². The van der Waals surface area contributed by atoms with Crippen molar-refractivity contribution in [2.45, 2.75) is 49.9 Å². The van der Waals surface area contributed by atoms with Crippen molar-refractivity contribution in [2.24, 2.45) is 0 Å². The maximum atomic E-state index is 12.5. The number of hydrogen-bond donors (Lipinski definition) is 1. The number of carbonyl (C=O) groups excluding carboxylic acids is 1. The monoisotopic (exact) mass is 420 g/mol. The lowest BCUT2D eigenvalue weighted by molar-refractivity contribution is -0.174. The van der Waals surface area contributed by atoms with Crippen LogP contribution in [-0.2, 0) is 28.6 Å². The molecule has 1 aromatic heterocycles. The van der Waals surface area contributed by atoms with Gasteiger partial charge in [-0.15, -0.1) is 0 Å². The first kappa shape index (κ1) is 21.2. The minimum Gasteiger partial charge on any atom is -0.460 e. The minimum atomic E-state index is -3.97. The number of aryl methyl sites for hydroxylation is 1. The van der Waals surface area contributed by atoms with Crippen LogP contribution in [0.1, 0.15) is 37.0 Å². The van der Waals surface area contributed by atoms with Gasteiger partial charge < -0.3 is 15.2 Å². The molecule has 0 bridgehead atoms. The third-order valence-corrected chi connectivity index (χ3v) is 6.01. The molecule has 156 valence electrons. The normalized spacial score (nSPS) is 22.2. The van der Waals surface area contributed by atoms with E-state index < -0.39 is 28.3 Å². The molecular formula is C20H24N2O6S. The number of nitrogens with two attached hydrogens (primary N) is 1. The van der Waals surface area contributed by atoms with E-state index in [2.05, 4.69) is 4.98 Å². The van der Waals surface area contributed by atoms with Gasteiger partial charge >= 0.3 is 5.97 Å². The maximum absolute atomic E-state index is 12.5. The highest BCUT2D eigenvalue weighted by Gasteiger charge is 2.36. The van der Waals surface area contributed by atoms with Crippen LogP contribution in [0.5, 0.6) is 0 Å². The molecule has 1 aromatic carbocycles. The Bertz CT molecular complexity index is 961. The summed E-state index contributed by atoms with van der Waals surface area (Å²) in [6, 6.07) is 8.11. The summed E-state index contributed by atoms with van der Waals surface area (Å²) in [4.78, 5) is 15.5. The average Bonchev–Trinajstić information content (AvgIpc) is 2.68. The predicted octanol–water partition coefficient (Wildman–Crippen LogP) is 2.53. The molecule has 29 heavy (non-hydrogen) atoms. The molecule has 0 unspecified atom stereocenters. The van der Waals surface area contributed by atoms with Gasteiger partial charge in [-0.25, -0.2) is 0 Å². The van der Waals surface area contributed by atoms with E-state index in [1.165, 1.54) is 25.3 Å². The fourth-order valence-electron chi connectivity index (χ4n) is 3.23. The largest absolute Gasteiger partial charge is 0.460 e. The molecular weight excluding hydrogens is 396 g/mol. The third kappa shape index (κ3) is 5.31. The first-order valence-corrected chi connectivity index (χ1v) is 10.7. The Kier molecular flexibility index (Phi) is 6.51. The molecule has 3 rings (SSSR count). The molecule has 0 saturated carbocycles. The number of benzene rings is 1. The summed E-state index contributed by atoms with van der Waals surface area (Å²) in [6.45, 7) is 2.88. The summed E-state index contributed by atoms with van der Waals surface area (Å²) in [6.07, 6.45) is 2.45. The van der Waals surface area contributed by atoms with Crippen molar-refractivity contribution in [1.29, 1.82) is 0 Å². The van der Waals surface area contributed by atoms with Crippen LogP contribution in [0.25, 0.3) is 0 Å². The quantitative estimate of drug-likeness (QED) is 0.559. The van der Waals surface area contributed by atoms with Crippen molar-refractivity contribution in [3.8, 4) is 0 Å². The molecule has 0 aliphatic carbocycles. The highest BCUT2D eigenvalue weighted by Crippen LogP contribution is 2.35. The molecule has 0 amide bonds. The smallest absolute Gasteiger partial charge is 0.302 e. The summed E-state index contributed by atoms with van der Waals surface area (Å²) < 4.78 is 41.6. The summed E-state index contributed by atoms with van der Waals surface area (Å²) in [5.74, 6) is -0.466. The highest BCUT2D eigenvalue weighted by molar-refractivity contribution is 7.86. The Hall–Kier alpha value is -2.49. The lowest BCUT2D eigenvalue weighted by Gasteiger charge is -2.36. The van der Waals surface area contributed by atoms with E-state index >= 15 is 0 Å². The number of nitrogen functional groups attached to an aromatic ring is 1. The van der Waals surface area contributed by atoms with Crippen LogP contribution in [0, 0.1) is 6.92 Å². The zero-order valence-electron chi connectivity index (χ0n) is 16.3. The predicted molar refractivity (Wildman–Crippen MR) is 105 cm³/mol. The van der Waals surface area contributed by atoms with Crippen molar-refractivity contribution < 1.29 is 26.9 Å². The van der Waals surface area contributed by atoms with Gasteiger partial charge in [-0.3, -0.25) is 14.0 Å². The first-order valence-electron chi connectivity index (χ1n) is 9.24. The second kappa shape index (κ2) is 8.89. The molecule has 8 nitrogen and oxygen atoms in total. The Morgan fingerprint density at radius 2 is 1.97 bits per heavy atom. The van der Waals surface area contributed by atoms with Crippen LogP contribution >= 0.6 is 0 Å². The van der Waals surface area contributed by atoms with Gasteiger partial charge in [-0.2, -0.15) is 8.42 Å². The topological polar surface area (TPSA) is 118 Å². The zero-order valence-corrected chi connectivity index (χ0v) is 17.1. The van der Waals surface area contributed by atoms with Crippen LogP contribution in [0.4, 0.5) is 5.69 Å². The van der Waals surface area contributed by atoms with Gasteiger partial charge in [0.05, 0.1) is 29.5 Å². The fraction of sp³-hybridized carbons (Fsp3) is 0.400. The molecule has 1 aliphatic rings. The van der Waals surface area contributed by atoms with Crippen molar-refractivity contribution in [1.82, 2.24) is 4.98 Å². The van der Waals surface area contributed by atoms with Gasteiger partial charge in [-0.1, -0.05) is 17.7 Å². The number of hydrogen-bond acceptors (Lipinski definition) is 8. The van der Waals surface area contributed by atoms with Crippen LogP contribution < -0.4 is 5.73 Å². The second-order valence-corrected chi connectivity index (χ2v) is 8.56. The fourth-order valence-corrected chi connectivity index (χ4v) is 4.15. The molecule has 1 aliphatic heterocycles. The van der Waals surface area contributed by atoms with E-state index in [9.17, 15) is 13.2 Å². The van der Waals surface area contributed by atoms with Crippen LogP contribution in [-0.4, -0.2) is 38.2 Å². The molecule has 9 heteroatoms. The number of ether oxygens (including phenoxy) is 2. The lowest BCUT2D eigenvalue weighted by Crippen LogP contribution is -2.42. The van der Waals surface area contributed by atoms with E-state index in [1.54, 1.807) is 24.4 Å². The van der Waals surface area contributed by atoms with Crippen LogP contribution in [0.3, 0.4) is 0 Å². The summed E-state index contributed by atoms with van der Waals surface area (Å²) in [5, 5.41) is 0. The Morgan fingerprint density at radius 3 is 2.62 bits per heavy atom. The van der Waals surface area contributed by atoms with Gasteiger partial charge in [0.25, 0.3) is 10.1 Å². The molecule has 0 radical (unpaired) electrons. The molecule has 0 spiro atoms. The van der Waals surface area contributed by atoms with Crippen molar-refractivity contribution in [3.63, 3.8) is 0 Å². The minimum absolute atomic E-state index is 0.0536. The number of aromatic nitrogens is 1. The summed E-state index contributed by atoms with van der Waals surface area (Å²) in [5.41, 5.74) is 8.16. The Morgan fingerprint density at radius 1 is 1.24 bits per heavy atom. The molecule has 1 saturated heterocycles. The second-order valence-electron chi connectivity index (χ2n) is 6.94. The van der Waals surface area contributed by atoms with Gasteiger partial charge in [0.2, 0.25) is 0 Å². The molecule has 3 atom stereocenters. The highest BCUT2D eigenvalue weighted by atomic mass is 32.2. The number of nitrogens with zero attached hydrogens (tertiary/aromatic N) is 1. The van der Waals surface area contributed by atoms with Crippen molar-refractivity contribution in [3.05, 3.63) is 53.9 Å². The lowest BCUT2D eigenvalue weighted by atomic mass is 9.96. The molecule has 2 aromatic rings. The summed E-state index contributed by atoms with van der Waals surface area (Å²) in [7, 11) is -3.97. The van der Waals surface area contributed by atoms with Gasteiger partial charge in [-0.05, 0) is 38.0 Å². The number of rotatable bonds is 6. The van der Waals surface area contributed by atoms with E-state index in [-0.39, 0.29) is 17.6 Å². The number of pyridine rings is 1. The van der Waals surface area contributed by atoms with Crippen molar-refractivity contribution in [2.75, 3.05) is 12.3 Å². The Labute approximate surface area is 170 Å². The SMILES string of the molecule is CC(=O)O[C@H]1CC[C@@H](c2ccncc2N)O[C@@H]1COS(=O)(=O)c1ccc(C)cc1. The van der Waals surface area contributed by atoms with E-state index in [0.29, 0.717) is 18.5 Å². The van der Waals surface area contributed by atoms with E-state index in [1.807, 2.05) is 6.92 Å². The number of carbonyl (C=O) groups is 1. The molecule has 1 fully saturated rings. The van der Waals surface area contributed by atoms with Gasteiger partial charge in [0, 0.05) is 18.7 Å². The number of anilines is 1. The zero-order chi connectivity index (χ0) is 21.0. The molecule has 2 heterocycles. The number of esters is 1. The summed E-state index contributed by atoms with van der Waals surface area (Å²) >= 11 is 0.